The molecule has 2 aromatic carbocycles. The van der Waals surface area contributed by atoms with E-state index in [4.69, 9.17) is 43.6 Å². The summed E-state index contributed by atoms with van der Waals surface area (Å²) in [6, 6.07) is 17.0. The quantitative estimate of drug-likeness (QED) is 0.302. The molecule has 10 heteroatoms. The summed E-state index contributed by atoms with van der Waals surface area (Å²) in [5.41, 5.74) is 2.00. The number of hydrogen-bond donors (Lipinski definition) is 1. The number of nitrogens with one attached hydrogen (secondary N) is 1. The molecule has 3 heterocycles. The molecule has 0 spiro atoms. The minimum Gasteiger partial charge on any atom is -0.459 e. The van der Waals surface area contributed by atoms with Gasteiger partial charge in [0.1, 0.15) is 5.76 Å². The maximum absolute atomic E-state index is 12.7. The summed E-state index contributed by atoms with van der Waals surface area (Å²) in [6.07, 6.45) is 1.49. The SMILES string of the molecule is O=C(Nc1ccc(N2CCN(C(=O)c3ccco3)CC2)c(Cl)c1)c1ccc(-c2ccc(Cl)cc2Cl)o1. The van der Waals surface area contributed by atoms with Gasteiger partial charge in [-0.1, -0.05) is 34.8 Å². The first kappa shape index (κ1) is 24.3. The lowest BCUT2D eigenvalue weighted by Gasteiger charge is -2.36. The predicted molar refractivity (Wildman–Crippen MR) is 140 cm³/mol. The van der Waals surface area contributed by atoms with Gasteiger partial charge >= 0.3 is 0 Å². The fourth-order valence-corrected chi connectivity index (χ4v) is 4.84. The van der Waals surface area contributed by atoms with Crippen LogP contribution in [0.15, 0.2) is 75.8 Å². The number of halogens is 3. The van der Waals surface area contributed by atoms with Gasteiger partial charge in [0.2, 0.25) is 0 Å². The van der Waals surface area contributed by atoms with Crippen molar-refractivity contribution in [2.45, 2.75) is 0 Å². The van der Waals surface area contributed by atoms with E-state index >= 15 is 0 Å². The number of anilines is 2. The molecule has 0 unspecified atom stereocenters. The van der Waals surface area contributed by atoms with Gasteiger partial charge in [-0.2, -0.15) is 0 Å². The van der Waals surface area contributed by atoms with Gasteiger partial charge in [0.15, 0.2) is 11.5 Å². The molecular formula is C26H20Cl3N3O4. The summed E-state index contributed by atoms with van der Waals surface area (Å²) in [5.74, 6) is 0.387. The van der Waals surface area contributed by atoms with Gasteiger partial charge in [0.05, 0.1) is 22.0 Å². The minimum absolute atomic E-state index is 0.122. The Morgan fingerprint density at radius 1 is 0.833 bits per heavy atom. The Labute approximate surface area is 222 Å². The molecule has 1 fully saturated rings. The van der Waals surface area contributed by atoms with Crippen molar-refractivity contribution in [1.29, 1.82) is 0 Å². The van der Waals surface area contributed by atoms with E-state index in [1.165, 1.54) is 6.26 Å². The summed E-state index contributed by atoms with van der Waals surface area (Å²) in [5, 5.41) is 4.23. The van der Waals surface area contributed by atoms with Crippen molar-refractivity contribution in [3.63, 3.8) is 0 Å². The van der Waals surface area contributed by atoms with Crippen molar-refractivity contribution in [2.75, 3.05) is 36.4 Å². The molecule has 184 valence electrons. The van der Waals surface area contributed by atoms with Crippen LogP contribution in [-0.2, 0) is 0 Å². The third-order valence-corrected chi connectivity index (χ3v) is 6.72. The molecule has 0 bridgehead atoms. The van der Waals surface area contributed by atoms with Gasteiger partial charge in [0, 0.05) is 42.5 Å². The lowest BCUT2D eigenvalue weighted by molar-refractivity contribution is 0.0714. The lowest BCUT2D eigenvalue weighted by Crippen LogP contribution is -2.48. The monoisotopic (exact) mass is 543 g/mol. The highest BCUT2D eigenvalue weighted by atomic mass is 35.5. The van der Waals surface area contributed by atoms with Gasteiger partial charge in [-0.3, -0.25) is 9.59 Å². The Morgan fingerprint density at radius 3 is 2.33 bits per heavy atom. The zero-order valence-electron chi connectivity index (χ0n) is 18.8. The second-order valence-electron chi connectivity index (χ2n) is 8.16. The molecule has 4 aromatic rings. The summed E-state index contributed by atoms with van der Waals surface area (Å²) < 4.78 is 10.9. The molecule has 0 atom stereocenters. The largest absolute Gasteiger partial charge is 0.459 e. The first-order valence-corrected chi connectivity index (χ1v) is 12.3. The molecule has 5 rings (SSSR count). The summed E-state index contributed by atoms with van der Waals surface area (Å²) in [4.78, 5) is 29.1. The second kappa shape index (κ2) is 10.3. The Hall–Kier alpha value is -3.39. The van der Waals surface area contributed by atoms with Crippen molar-refractivity contribution >= 4 is 58.0 Å². The Bertz CT molecular complexity index is 1410. The lowest BCUT2D eigenvalue weighted by atomic mass is 10.2. The van der Waals surface area contributed by atoms with Crippen LogP contribution in [0, 0.1) is 0 Å². The van der Waals surface area contributed by atoms with Gasteiger partial charge in [-0.15, -0.1) is 0 Å². The molecular weight excluding hydrogens is 525 g/mol. The Balaban J connectivity index is 1.22. The predicted octanol–water partition coefficient (Wildman–Crippen LogP) is 6.71. The zero-order chi connectivity index (χ0) is 25.2. The van der Waals surface area contributed by atoms with E-state index in [0.29, 0.717) is 64.0 Å². The number of benzene rings is 2. The molecule has 7 nitrogen and oxygen atoms in total. The molecule has 2 aromatic heterocycles. The van der Waals surface area contributed by atoms with Crippen LogP contribution in [0.3, 0.4) is 0 Å². The van der Waals surface area contributed by atoms with Crippen molar-refractivity contribution in [1.82, 2.24) is 4.90 Å². The second-order valence-corrected chi connectivity index (χ2v) is 9.42. The zero-order valence-corrected chi connectivity index (χ0v) is 21.1. The van der Waals surface area contributed by atoms with Crippen LogP contribution in [0.25, 0.3) is 11.3 Å². The molecule has 1 N–H and O–H groups in total. The maximum Gasteiger partial charge on any atom is 0.291 e. The smallest absolute Gasteiger partial charge is 0.291 e. The van der Waals surface area contributed by atoms with Crippen LogP contribution < -0.4 is 10.2 Å². The fraction of sp³-hybridized carbons (Fsp3) is 0.154. The van der Waals surface area contributed by atoms with Crippen LogP contribution >= 0.6 is 34.8 Å². The first-order valence-electron chi connectivity index (χ1n) is 11.1. The van der Waals surface area contributed by atoms with E-state index in [2.05, 4.69) is 10.2 Å². The Morgan fingerprint density at radius 2 is 1.64 bits per heavy atom. The maximum atomic E-state index is 12.7. The topological polar surface area (TPSA) is 78.9 Å². The fourth-order valence-electron chi connectivity index (χ4n) is 4.03. The molecule has 36 heavy (non-hydrogen) atoms. The summed E-state index contributed by atoms with van der Waals surface area (Å²) in [6.45, 7) is 2.35. The van der Waals surface area contributed by atoms with E-state index in [-0.39, 0.29) is 11.7 Å². The molecule has 0 saturated carbocycles. The standard InChI is InChI=1S/C26H20Cl3N3O4/c27-16-3-5-18(19(28)14-16)22-7-8-23(36-22)25(33)30-17-4-6-21(20(29)15-17)31-9-11-32(12-10-31)26(34)24-2-1-13-35-24/h1-8,13-15H,9-12H2,(H,30,33). The van der Waals surface area contributed by atoms with E-state index in [0.717, 1.165) is 5.69 Å². The number of carbonyl (C=O) groups is 2. The normalized spacial score (nSPS) is 13.6. The van der Waals surface area contributed by atoms with Crippen molar-refractivity contribution in [3.05, 3.63) is 93.5 Å². The van der Waals surface area contributed by atoms with Crippen molar-refractivity contribution < 1.29 is 18.4 Å². The first-order chi connectivity index (χ1) is 17.4. The molecule has 0 aliphatic carbocycles. The number of nitrogens with zero attached hydrogens (tertiary/aromatic N) is 2. The van der Waals surface area contributed by atoms with E-state index in [1.807, 2.05) is 6.07 Å². The Kier molecular flexibility index (Phi) is 6.96. The van der Waals surface area contributed by atoms with Gasteiger partial charge in [-0.25, -0.2) is 0 Å². The van der Waals surface area contributed by atoms with Crippen molar-refractivity contribution in [2.24, 2.45) is 0 Å². The number of hydrogen-bond acceptors (Lipinski definition) is 5. The van der Waals surface area contributed by atoms with Crippen LogP contribution in [0.4, 0.5) is 11.4 Å². The van der Waals surface area contributed by atoms with Gasteiger partial charge in [-0.05, 0) is 60.7 Å². The highest BCUT2D eigenvalue weighted by molar-refractivity contribution is 6.36. The number of rotatable bonds is 5. The number of amides is 2. The van der Waals surface area contributed by atoms with Gasteiger partial charge < -0.3 is 24.0 Å². The van der Waals surface area contributed by atoms with Crippen LogP contribution in [0.2, 0.25) is 15.1 Å². The van der Waals surface area contributed by atoms with Crippen LogP contribution in [-0.4, -0.2) is 42.9 Å². The van der Waals surface area contributed by atoms with E-state index in [9.17, 15) is 9.59 Å². The molecule has 1 saturated heterocycles. The van der Waals surface area contributed by atoms with E-state index in [1.54, 1.807) is 59.5 Å². The number of carbonyl (C=O) groups excluding carboxylic acids is 2. The summed E-state index contributed by atoms with van der Waals surface area (Å²) in [7, 11) is 0. The molecule has 0 radical (unpaired) electrons. The molecule has 1 aliphatic rings. The summed E-state index contributed by atoms with van der Waals surface area (Å²) >= 11 is 18.7. The third-order valence-electron chi connectivity index (χ3n) is 5.87. The average Bonchev–Trinajstić information content (AvgIpc) is 3.57. The highest BCUT2D eigenvalue weighted by Gasteiger charge is 2.25. The molecule has 1 aliphatic heterocycles. The van der Waals surface area contributed by atoms with Crippen LogP contribution in [0.5, 0.6) is 0 Å². The highest BCUT2D eigenvalue weighted by Crippen LogP contribution is 2.33. The number of furan rings is 2. The average molecular weight is 545 g/mol. The van der Waals surface area contributed by atoms with E-state index < -0.39 is 5.91 Å². The van der Waals surface area contributed by atoms with Crippen LogP contribution in [0.1, 0.15) is 21.1 Å². The van der Waals surface area contributed by atoms with Crippen molar-refractivity contribution in [3.8, 4) is 11.3 Å². The van der Waals surface area contributed by atoms with Gasteiger partial charge in [0.25, 0.3) is 11.8 Å². The number of piperazine rings is 1. The minimum atomic E-state index is -0.416. The third kappa shape index (κ3) is 5.09. The molecule has 2 amide bonds.